The van der Waals surface area contributed by atoms with Crippen LogP contribution in [0, 0.1) is 0 Å². The van der Waals surface area contributed by atoms with E-state index < -0.39 is 0 Å². The molecule has 0 saturated carbocycles. The highest BCUT2D eigenvalue weighted by Gasteiger charge is 2.43. The molecule has 0 bridgehead atoms. The summed E-state index contributed by atoms with van der Waals surface area (Å²) in [5.41, 5.74) is 1.67. The first-order chi connectivity index (χ1) is 12.6. The van der Waals surface area contributed by atoms with Crippen LogP contribution >= 0.6 is 11.6 Å². The Bertz CT molecular complexity index is 819. The van der Waals surface area contributed by atoms with Gasteiger partial charge in [-0.15, -0.1) is 0 Å². The molecule has 2 aromatic carbocycles. The van der Waals surface area contributed by atoms with E-state index in [0.29, 0.717) is 5.69 Å². The normalized spacial score (nSPS) is 21.5. The second-order valence-electron chi connectivity index (χ2n) is 6.60. The fourth-order valence-corrected chi connectivity index (χ4v) is 3.99. The molecule has 0 spiro atoms. The number of carbonyl (C=O) groups excluding carboxylic acids is 2. The average molecular weight is 370 g/mol. The number of nitrogens with zero attached hydrogens (tertiary/aromatic N) is 3. The summed E-state index contributed by atoms with van der Waals surface area (Å²) >= 11 is 6.29. The largest absolute Gasteiger partial charge is 0.368 e. The summed E-state index contributed by atoms with van der Waals surface area (Å²) in [6, 6.07) is 16.6. The van der Waals surface area contributed by atoms with Crippen molar-refractivity contribution in [1.82, 2.24) is 4.90 Å². The quantitative estimate of drug-likeness (QED) is 0.780. The van der Waals surface area contributed by atoms with Crippen LogP contribution in [0.4, 0.5) is 11.4 Å². The number of benzene rings is 2. The molecule has 0 N–H and O–H groups in total. The minimum Gasteiger partial charge on any atom is -0.368 e. The van der Waals surface area contributed by atoms with Crippen LogP contribution < -0.4 is 9.80 Å². The van der Waals surface area contributed by atoms with Crippen molar-refractivity contribution in [1.29, 1.82) is 0 Å². The predicted octanol–water partition coefficient (Wildman–Crippen LogP) is 2.79. The van der Waals surface area contributed by atoms with E-state index in [2.05, 4.69) is 9.80 Å². The minimum absolute atomic E-state index is 0.118. The third kappa shape index (κ3) is 3.08. The highest BCUT2D eigenvalue weighted by atomic mass is 35.5. The van der Waals surface area contributed by atoms with Gasteiger partial charge in [0.15, 0.2) is 0 Å². The Labute approximate surface area is 157 Å². The van der Waals surface area contributed by atoms with E-state index in [1.165, 1.54) is 4.90 Å². The second kappa shape index (κ2) is 7.09. The zero-order valence-corrected chi connectivity index (χ0v) is 15.1. The fraction of sp³-hybridized carbons (Fsp3) is 0.300. The Balaban J connectivity index is 1.44. The van der Waals surface area contributed by atoms with Crippen LogP contribution in [0.3, 0.4) is 0 Å². The van der Waals surface area contributed by atoms with Crippen LogP contribution in [0.5, 0.6) is 0 Å². The molecule has 5 nitrogen and oxygen atoms in total. The zero-order valence-electron chi connectivity index (χ0n) is 14.3. The molecule has 0 unspecified atom stereocenters. The van der Waals surface area contributed by atoms with E-state index in [1.807, 2.05) is 42.5 Å². The Morgan fingerprint density at radius 3 is 2.19 bits per heavy atom. The van der Waals surface area contributed by atoms with Gasteiger partial charge in [-0.1, -0.05) is 41.9 Å². The number of para-hydroxylation sites is 2. The van der Waals surface area contributed by atoms with Crippen LogP contribution in [0.15, 0.2) is 54.6 Å². The van der Waals surface area contributed by atoms with Gasteiger partial charge < -0.3 is 4.90 Å². The maximum atomic E-state index is 12.8. The first-order valence-corrected chi connectivity index (χ1v) is 9.18. The van der Waals surface area contributed by atoms with Gasteiger partial charge in [0.1, 0.15) is 0 Å². The fourth-order valence-electron chi connectivity index (χ4n) is 3.73. The molecule has 0 aliphatic carbocycles. The number of carbonyl (C=O) groups is 2. The standard InChI is InChI=1S/C20H20ClN3O2/c21-16-8-4-5-9-17(16)22-10-12-23(13-11-22)18-14-19(25)24(20(18)26)15-6-2-1-3-7-15/h1-9,18H,10-14H2/t18-/m1/s1. The summed E-state index contributed by atoms with van der Waals surface area (Å²) in [5, 5.41) is 0.739. The van der Waals surface area contributed by atoms with E-state index in [4.69, 9.17) is 11.6 Å². The van der Waals surface area contributed by atoms with Gasteiger partial charge in [-0.25, -0.2) is 4.90 Å². The maximum absolute atomic E-state index is 12.8. The number of imide groups is 1. The van der Waals surface area contributed by atoms with Crippen LogP contribution in [0.2, 0.25) is 5.02 Å². The summed E-state index contributed by atoms with van der Waals surface area (Å²) in [6.45, 7) is 3.04. The third-order valence-electron chi connectivity index (χ3n) is 5.09. The molecular formula is C20H20ClN3O2. The lowest BCUT2D eigenvalue weighted by Crippen LogP contribution is -2.52. The second-order valence-corrected chi connectivity index (χ2v) is 7.00. The summed E-state index contributed by atoms with van der Waals surface area (Å²) in [5.74, 6) is -0.243. The van der Waals surface area contributed by atoms with Crippen LogP contribution in [0.1, 0.15) is 6.42 Å². The van der Waals surface area contributed by atoms with Crippen molar-refractivity contribution >= 4 is 34.8 Å². The predicted molar refractivity (Wildman–Crippen MR) is 103 cm³/mol. The molecule has 134 valence electrons. The molecule has 26 heavy (non-hydrogen) atoms. The van der Waals surface area contributed by atoms with Crippen molar-refractivity contribution in [3.8, 4) is 0 Å². The monoisotopic (exact) mass is 369 g/mol. The molecule has 0 aromatic heterocycles. The SMILES string of the molecule is O=C1C[C@@H](N2CCN(c3ccccc3Cl)CC2)C(=O)N1c1ccccc1. The number of anilines is 2. The van der Waals surface area contributed by atoms with Crippen molar-refractivity contribution in [2.45, 2.75) is 12.5 Å². The first-order valence-electron chi connectivity index (χ1n) is 8.80. The van der Waals surface area contributed by atoms with Gasteiger partial charge >= 0.3 is 0 Å². The molecule has 2 saturated heterocycles. The lowest BCUT2D eigenvalue weighted by Gasteiger charge is -2.38. The van der Waals surface area contributed by atoms with Crippen LogP contribution in [0.25, 0.3) is 0 Å². The van der Waals surface area contributed by atoms with Crippen molar-refractivity contribution in [2.75, 3.05) is 36.0 Å². The van der Waals surface area contributed by atoms with Gasteiger partial charge in [0.2, 0.25) is 5.91 Å². The Hall–Kier alpha value is -2.37. The number of amides is 2. The van der Waals surface area contributed by atoms with Gasteiger partial charge in [0.05, 0.1) is 28.9 Å². The molecule has 4 rings (SSSR count). The van der Waals surface area contributed by atoms with Crippen molar-refractivity contribution in [3.05, 3.63) is 59.6 Å². The van der Waals surface area contributed by atoms with Crippen LogP contribution in [-0.2, 0) is 9.59 Å². The number of hydrogen-bond donors (Lipinski definition) is 0. The topological polar surface area (TPSA) is 43.9 Å². The molecule has 1 atom stereocenters. The van der Waals surface area contributed by atoms with Crippen molar-refractivity contribution in [3.63, 3.8) is 0 Å². The molecule has 2 heterocycles. The summed E-state index contributed by atoms with van der Waals surface area (Å²) in [4.78, 5) is 30.9. The van der Waals surface area contributed by atoms with Gasteiger partial charge in [0, 0.05) is 26.2 Å². The number of halogens is 1. The Morgan fingerprint density at radius 1 is 0.846 bits per heavy atom. The smallest absolute Gasteiger partial charge is 0.251 e. The molecule has 2 aromatic rings. The lowest BCUT2D eigenvalue weighted by atomic mass is 10.1. The number of rotatable bonds is 3. The molecular weight excluding hydrogens is 350 g/mol. The number of hydrogen-bond acceptors (Lipinski definition) is 4. The van der Waals surface area contributed by atoms with Gasteiger partial charge in [0.25, 0.3) is 5.91 Å². The highest BCUT2D eigenvalue weighted by Crippen LogP contribution is 2.29. The highest BCUT2D eigenvalue weighted by molar-refractivity contribution is 6.33. The number of piperazine rings is 1. The van der Waals surface area contributed by atoms with E-state index in [9.17, 15) is 9.59 Å². The Morgan fingerprint density at radius 2 is 1.50 bits per heavy atom. The van der Waals surface area contributed by atoms with Crippen molar-refractivity contribution < 1.29 is 9.59 Å². The third-order valence-corrected chi connectivity index (χ3v) is 5.40. The molecule has 2 fully saturated rings. The minimum atomic E-state index is -0.365. The van der Waals surface area contributed by atoms with Gasteiger partial charge in [-0.3, -0.25) is 14.5 Å². The van der Waals surface area contributed by atoms with Crippen molar-refractivity contribution in [2.24, 2.45) is 0 Å². The van der Waals surface area contributed by atoms with E-state index >= 15 is 0 Å². The maximum Gasteiger partial charge on any atom is 0.251 e. The van der Waals surface area contributed by atoms with Gasteiger partial charge in [-0.2, -0.15) is 0 Å². The van der Waals surface area contributed by atoms with Crippen LogP contribution in [-0.4, -0.2) is 48.9 Å². The molecule has 2 aliphatic heterocycles. The van der Waals surface area contributed by atoms with Gasteiger partial charge in [-0.05, 0) is 24.3 Å². The summed E-state index contributed by atoms with van der Waals surface area (Å²) in [6.07, 6.45) is 0.250. The zero-order chi connectivity index (χ0) is 18.1. The summed E-state index contributed by atoms with van der Waals surface area (Å²) in [7, 11) is 0. The molecule has 2 amide bonds. The van der Waals surface area contributed by atoms with E-state index in [1.54, 1.807) is 12.1 Å². The lowest BCUT2D eigenvalue weighted by molar-refractivity contribution is -0.123. The Kier molecular flexibility index (Phi) is 4.66. The average Bonchev–Trinajstić information content (AvgIpc) is 2.97. The molecule has 2 aliphatic rings. The van der Waals surface area contributed by atoms with E-state index in [0.717, 1.165) is 36.9 Å². The summed E-state index contributed by atoms with van der Waals surface area (Å²) < 4.78 is 0. The molecule has 6 heteroatoms. The van der Waals surface area contributed by atoms with E-state index in [-0.39, 0.29) is 24.3 Å². The first kappa shape index (κ1) is 17.1. The molecule has 0 radical (unpaired) electrons.